The third-order valence-corrected chi connectivity index (χ3v) is 3.59. The predicted octanol–water partition coefficient (Wildman–Crippen LogP) is 3.38. The SMILES string of the molecule is O=C1c2ccc(Cl)cc2CCc2c(O)cccc21. The van der Waals surface area contributed by atoms with Gasteiger partial charge in [-0.05, 0) is 42.7 Å². The van der Waals surface area contributed by atoms with Crippen molar-refractivity contribution in [1.29, 1.82) is 0 Å². The Morgan fingerprint density at radius 3 is 2.72 bits per heavy atom. The highest BCUT2D eigenvalue weighted by atomic mass is 35.5. The zero-order chi connectivity index (χ0) is 12.7. The number of hydrogen-bond acceptors (Lipinski definition) is 2. The number of aromatic hydroxyl groups is 1. The molecule has 2 aromatic carbocycles. The molecule has 0 amide bonds. The summed E-state index contributed by atoms with van der Waals surface area (Å²) in [4.78, 5) is 12.4. The highest BCUT2D eigenvalue weighted by Gasteiger charge is 2.22. The van der Waals surface area contributed by atoms with Gasteiger partial charge in [-0.3, -0.25) is 4.79 Å². The second-order valence-electron chi connectivity index (χ2n) is 4.43. The summed E-state index contributed by atoms with van der Waals surface area (Å²) in [7, 11) is 0. The molecule has 0 saturated heterocycles. The highest BCUT2D eigenvalue weighted by molar-refractivity contribution is 6.30. The van der Waals surface area contributed by atoms with Crippen molar-refractivity contribution in [3.8, 4) is 5.75 Å². The fraction of sp³-hybridized carbons (Fsp3) is 0.133. The predicted molar refractivity (Wildman–Crippen MR) is 70.4 cm³/mol. The molecule has 1 aliphatic carbocycles. The molecule has 18 heavy (non-hydrogen) atoms. The molecule has 2 nitrogen and oxygen atoms in total. The molecule has 3 heteroatoms. The third kappa shape index (κ3) is 1.70. The van der Waals surface area contributed by atoms with Crippen molar-refractivity contribution in [2.24, 2.45) is 0 Å². The number of fused-ring (bicyclic) bond motifs is 2. The lowest BCUT2D eigenvalue weighted by Gasteiger charge is -2.06. The molecule has 2 aromatic rings. The Morgan fingerprint density at radius 1 is 1.06 bits per heavy atom. The van der Waals surface area contributed by atoms with Crippen LogP contribution in [0.5, 0.6) is 5.75 Å². The summed E-state index contributed by atoms with van der Waals surface area (Å²) in [6.07, 6.45) is 1.37. The summed E-state index contributed by atoms with van der Waals surface area (Å²) >= 11 is 5.96. The Kier molecular flexibility index (Phi) is 2.60. The van der Waals surface area contributed by atoms with Crippen LogP contribution in [0.4, 0.5) is 0 Å². The minimum absolute atomic E-state index is 0.0370. The van der Waals surface area contributed by atoms with Gasteiger partial charge in [-0.25, -0.2) is 0 Å². The first-order valence-electron chi connectivity index (χ1n) is 5.81. The van der Waals surface area contributed by atoms with Crippen LogP contribution in [0, 0.1) is 0 Å². The highest BCUT2D eigenvalue weighted by Crippen LogP contribution is 2.30. The molecule has 0 radical (unpaired) electrons. The first kappa shape index (κ1) is 11.3. The van der Waals surface area contributed by atoms with Gasteiger partial charge in [-0.15, -0.1) is 0 Å². The van der Waals surface area contributed by atoms with E-state index in [1.807, 2.05) is 6.07 Å². The first-order valence-corrected chi connectivity index (χ1v) is 6.18. The Morgan fingerprint density at radius 2 is 1.89 bits per heavy atom. The number of halogens is 1. The van der Waals surface area contributed by atoms with Crippen LogP contribution in [-0.2, 0) is 12.8 Å². The van der Waals surface area contributed by atoms with E-state index in [2.05, 4.69) is 0 Å². The molecule has 0 atom stereocenters. The Balaban J connectivity index is 2.22. The van der Waals surface area contributed by atoms with Gasteiger partial charge in [0.05, 0.1) is 0 Å². The van der Waals surface area contributed by atoms with E-state index in [1.54, 1.807) is 30.3 Å². The second-order valence-corrected chi connectivity index (χ2v) is 4.87. The molecule has 0 heterocycles. The molecular weight excluding hydrogens is 248 g/mol. The van der Waals surface area contributed by atoms with E-state index in [1.165, 1.54) is 0 Å². The van der Waals surface area contributed by atoms with Gasteiger partial charge in [-0.1, -0.05) is 23.7 Å². The molecular formula is C15H11ClO2. The molecule has 0 spiro atoms. The lowest BCUT2D eigenvalue weighted by atomic mass is 9.98. The summed E-state index contributed by atoms with van der Waals surface area (Å²) in [5, 5.41) is 10.5. The van der Waals surface area contributed by atoms with Crippen LogP contribution in [0.15, 0.2) is 36.4 Å². The lowest BCUT2D eigenvalue weighted by Crippen LogP contribution is -2.03. The molecule has 0 aliphatic heterocycles. The number of carbonyl (C=O) groups excluding carboxylic acids is 1. The number of benzene rings is 2. The minimum Gasteiger partial charge on any atom is -0.508 e. The zero-order valence-electron chi connectivity index (χ0n) is 9.61. The van der Waals surface area contributed by atoms with E-state index in [0.717, 1.165) is 11.1 Å². The fourth-order valence-electron chi connectivity index (χ4n) is 2.45. The van der Waals surface area contributed by atoms with Gasteiger partial charge in [0.25, 0.3) is 0 Å². The van der Waals surface area contributed by atoms with Gasteiger partial charge >= 0.3 is 0 Å². The third-order valence-electron chi connectivity index (χ3n) is 3.35. The van der Waals surface area contributed by atoms with Crippen LogP contribution in [0.2, 0.25) is 5.02 Å². The average Bonchev–Trinajstić information content (AvgIpc) is 2.49. The molecule has 1 N–H and O–H groups in total. The van der Waals surface area contributed by atoms with Gasteiger partial charge in [-0.2, -0.15) is 0 Å². The summed E-state index contributed by atoms with van der Waals surface area (Å²) < 4.78 is 0. The zero-order valence-corrected chi connectivity index (χ0v) is 10.4. The topological polar surface area (TPSA) is 37.3 Å². The summed E-state index contributed by atoms with van der Waals surface area (Å²) in [6, 6.07) is 10.4. The number of carbonyl (C=O) groups is 1. The maximum absolute atomic E-state index is 12.4. The summed E-state index contributed by atoms with van der Waals surface area (Å²) in [5.41, 5.74) is 2.96. The Labute approximate surface area is 110 Å². The Bertz CT molecular complexity index is 647. The van der Waals surface area contributed by atoms with Gasteiger partial charge < -0.3 is 5.11 Å². The number of rotatable bonds is 0. The van der Waals surface area contributed by atoms with Crippen LogP contribution in [0.25, 0.3) is 0 Å². The van der Waals surface area contributed by atoms with Crippen molar-refractivity contribution in [3.05, 3.63) is 63.7 Å². The largest absolute Gasteiger partial charge is 0.508 e. The van der Waals surface area contributed by atoms with E-state index >= 15 is 0 Å². The van der Waals surface area contributed by atoms with Crippen molar-refractivity contribution in [1.82, 2.24) is 0 Å². The molecule has 0 saturated carbocycles. The van der Waals surface area contributed by atoms with Gasteiger partial charge in [0.2, 0.25) is 0 Å². The van der Waals surface area contributed by atoms with Crippen LogP contribution in [-0.4, -0.2) is 10.9 Å². The van der Waals surface area contributed by atoms with Gasteiger partial charge in [0.1, 0.15) is 5.75 Å². The lowest BCUT2D eigenvalue weighted by molar-refractivity contribution is 0.103. The number of ketones is 1. The molecule has 90 valence electrons. The molecule has 3 rings (SSSR count). The number of phenolic OH excluding ortho intramolecular Hbond substituents is 1. The van der Waals surface area contributed by atoms with E-state index in [9.17, 15) is 9.90 Å². The second kappa shape index (κ2) is 4.14. The van der Waals surface area contributed by atoms with Crippen molar-refractivity contribution in [2.45, 2.75) is 12.8 Å². The van der Waals surface area contributed by atoms with Crippen molar-refractivity contribution >= 4 is 17.4 Å². The van der Waals surface area contributed by atoms with Crippen molar-refractivity contribution in [3.63, 3.8) is 0 Å². The maximum Gasteiger partial charge on any atom is 0.193 e. The number of hydrogen-bond donors (Lipinski definition) is 1. The minimum atomic E-state index is -0.0370. The maximum atomic E-state index is 12.4. The van der Waals surface area contributed by atoms with E-state index in [-0.39, 0.29) is 11.5 Å². The molecule has 1 aliphatic rings. The van der Waals surface area contributed by atoms with Crippen LogP contribution in [0.1, 0.15) is 27.0 Å². The van der Waals surface area contributed by atoms with E-state index < -0.39 is 0 Å². The monoisotopic (exact) mass is 258 g/mol. The average molecular weight is 259 g/mol. The van der Waals surface area contributed by atoms with Gasteiger partial charge in [0.15, 0.2) is 5.78 Å². The summed E-state index contributed by atoms with van der Waals surface area (Å²) in [6.45, 7) is 0. The number of aryl methyl sites for hydroxylation is 1. The first-order chi connectivity index (χ1) is 8.66. The fourth-order valence-corrected chi connectivity index (χ4v) is 2.64. The van der Waals surface area contributed by atoms with E-state index in [4.69, 9.17) is 11.6 Å². The van der Waals surface area contributed by atoms with Crippen molar-refractivity contribution in [2.75, 3.05) is 0 Å². The van der Waals surface area contributed by atoms with Gasteiger partial charge in [0, 0.05) is 21.7 Å². The molecule has 0 aromatic heterocycles. The summed E-state index contributed by atoms with van der Waals surface area (Å²) in [5.74, 6) is 0.157. The van der Waals surface area contributed by atoms with E-state index in [0.29, 0.717) is 29.0 Å². The molecule has 0 unspecified atom stereocenters. The van der Waals surface area contributed by atoms with Crippen LogP contribution in [0.3, 0.4) is 0 Å². The molecule has 0 bridgehead atoms. The number of phenols is 1. The standard InChI is InChI=1S/C15H11ClO2/c16-10-5-7-11-9(8-10)4-6-12-13(15(11)18)2-1-3-14(12)17/h1-3,5,7-8,17H,4,6H2. The van der Waals surface area contributed by atoms with Crippen molar-refractivity contribution < 1.29 is 9.90 Å². The van der Waals surface area contributed by atoms with Crippen LogP contribution < -0.4 is 0 Å². The normalized spacial score (nSPS) is 13.7. The quantitative estimate of drug-likeness (QED) is 0.787. The molecule has 0 fully saturated rings. The Hall–Kier alpha value is -1.80. The smallest absolute Gasteiger partial charge is 0.193 e. The van der Waals surface area contributed by atoms with Crippen LogP contribution >= 0.6 is 11.6 Å².